The van der Waals surface area contributed by atoms with Crippen LogP contribution in [0.2, 0.25) is 0 Å². The quantitative estimate of drug-likeness (QED) is 0.843. The first-order valence-corrected chi connectivity index (χ1v) is 6.70. The first kappa shape index (κ1) is 12.2. The van der Waals surface area contributed by atoms with Crippen molar-refractivity contribution in [1.29, 1.82) is 0 Å². The fourth-order valence-corrected chi connectivity index (χ4v) is 3.06. The number of phenols is 2. The van der Waals surface area contributed by atoms with Crippen LogP contribution in [0.5, 0.6) is 28.7 Å². The van der Waals surface area contributed by atoms with Gasteiger partial charge in [0.2, 0.25) is 0 Å². The molecular formula is C16H14O5. The van der Waals surface area contributed by atoms with E-state index in [1.807, 2.05) is 0 Å². The molecular weight excluding hydrogens is 272 g/mol. The Labute approximate surface area is 121 Å². The molecule has 4 rings (SSSR count). The number of aromatic hydroxyl groups is 2. The van der Waals surface area contributed by atoms with Crippen molar-refractivity contribution < 1.29 is 24.4 Å². The van der Waals surface area contributed by atoms with Crippen molar-refractivity contribution in [2.24, 2.45) is 0 Å². The topological polar surface area (TPSA) is 68.2 Å². The molecule has 0 spiro atoms. The van der Waals surface area contributed by atoms with Gasteiger partial charge in [0, 0.05) is 29.3 Å². The van der Waals surface area contributed by atoms with Gasteiger partial charge >= 0.3 is 0 Å². The lowest BCUT2D eigenvalue weighted by Gasteiger charge is -2.27. The second-order valence-electron chi connectivity index (χ2n) is 5.24. The van der Waals surface area contributed by atoms with Crippen LogP contribution in [0.1, 0.15) is 23.1 Å². The molecule has 108 valence electrons. The number of hydrogen-bond acceptors (Lipinski definition) is 5. The predicted octanol–water partition coefficient (Wildman–Crippen LogP) is 2.72. The third-order valence-corrected chi connectivity index (χ3v) is 4.04. The van der Waals surface area contributed by atoms with Crippen molar-refractivity contribution in [3.63, 3.8) is 0 Å². The molecule has 0 fully saturated rings. The summed E-state index contributed by atoms with van der Waals surface area (Å²) >= 11 is 0. The number of hydrogen-bond donors (Lipinski definition) is 2. The van der Waals surface area contributed by atoms with Gasteiger partial charge in [-0.15, -0.1) is 0 Å². The highest BCUT2D eigenvalue weighted by Crippen LogP contribution is 2.55. The molecule has 0 saturated carbocycles. The van der Waals surface area contributed by atoms with E-state index in [4.69, 9.17) is 14.2 Å². The number of rotatable bonds is 1. The summed E-state index contributed by atoms with van der Waals surface area (Å²) in [7, 11) is 1.55. The SMILES string of the molecule is COc1cc(O)c2c(c1)OC1c3ccc(O)cc3OCC21. The molecule has 2 N–H and O–H groups in total. The summed E-state index contributed by atoms with van der Waals surface area (Å²) < 4.78 is 16.9. The smallest absolute Gasteiger partial charge is 0.138 e. The van der Waals surface area contributed by atoms with Gasteiger partial charge in [0.15, 0.2) is 0 Å². The Morgan fingerprint density at radius 3 is 2.81 bits per heavy atom. The first-order valence-electron chi connectivity index (χ1n) is 6.70. The minimum atomic E-state index is -0.220. The summed E-state index contributed by atoms with van der Waals surface area (Å²) in [6, 6.07) is 8.34. The number of methoxy groups -OCH3 is 1. The van der Waals surface area contributed by atoms with Gasteiger partial charge in [0.1, 0.15) is 34.9 Å². The summed E-state index contributed by atoms with van der Waals surface area (Å²) in [5.41, 5.74) is 1.62. The molecule has 2 aromatic carbocycles. The molecule has 2 aliphatic rings. The minimum absolute atomic E-state index is 0.0667. The van der Waals surface area contributed by atoms with Crippen LogP contribution < -0.4 is 14.2 Å². The molecule has 0 aromatic heterocycles. The van der Waals surface area contributed by atoms with Crippen LogP contribution >= 0.6 is 0 Å². The molecule has 2 unspecified atom stereocenters. The molecule has 2 atom stereocenters. The number of phenolic OH excluding ortho intramolecular Hbond substituents is 2. The van der Waals surface area contributed by atoms with Crippen LogP contribution in [-0.2, 0) is 0 Å². The molecule has 21 heavy (non-hydrogen) atoms. The second-order valence-corrected chi connectivity index (χ2v) is 5.24. The summed E-state index contributed by atoms with van der Waals surface area (Å²) in [6.45, 7) is 0.397. The predicted molar refractivity (Wildman–Crippen MR) is 74.4 cm³/mol. The Kier molecular flexibility index (Phi) is 2.45. The van der Waals surface area contributed by atoms with Crippen LogP contribution in [0.15, 0.2) is 30.3 Å². The molecule has 2 heterocycles. The highest BCUT2D eigenvalue weighted by Gasteiger charge is 2.42. The number of fused-ring (bicyclic) bond motifs is 5. The van der Waals surface area contributed by atoms with E-state index in [1.165, 1.54) is 0 Å². The largest absolute Gasteiger partial charge is 0.508 e. The van der Waals surface area contributed by atoms with Crippen molar-refractivity contribution in [3.05, 3.63) is 41.5 Å². The maximum absolute atomic E-state index is 10.2. The van der Waals surface area contributed by atoms with Gasteiger partial charge in [-0.05, 0) is 12.1 Å². The summed E-state index contributed by atoms with van der Waals surface area (Å²) in [5, 5.41) is 19.8. The van der Waals surface area contributed by atoms with Gasteiger partial charge in [0.05, 0.1) is 19.6 Å². The van der Waals surface area contributed by atoms with Gasteiger partial charge in [-0.25, -0.2) is 0 Å². The van der Waals surface area contributed by atoms with Gasteiger partial charge in [0.25, 0.3) is 0 Å². The van der Waals surface area contributed by atoms with Gasteiger partial charge in [-0.2, -0.15) is 0 Å². The second kappa shape index (κ2) is 4.22. The number of benzene rings is 2. The zero-order valence-electron chi connectivity index (χ0n) is 11.4. The molecule has 0 aliphatic carbocycles. The zero-order valence-corrected chi connectivity index (χ0v) is 11.4. The third kappa shape index (κ3) is 1.70. The Morgan fingerprint density at radius 2 is 2.00 bits per heavy atom. The molecule has 0 saturated heterocycles. The summed E-state index contributed by atoms with van der Waals surface area (Å²) in [6.07, 6.45) is -0.220. The van der Waals surface area contributed by atoms with Crippen LogP contribution in [0.25, 0.3) is 0 Å². The highest BCUT2D eigenvalue weighted by atomic mass is 16.5. The Hall–Kier alpha value is -2.56. The van der Waals surface area contributed by atoms with Crippen LogP contribution in [-0.4, -0.2) is 23.9 Å². The van der Waals surface area contributed by atoms with E-state index < -0.39 is 0 Å². The zero-order chi connectivity index (χ0) is 14.6. The lowest BCUT2D eigenvalue weighted by atomic mass is 9.89. The normalized spacial score (nSPS) is 21.6. The molecule has 5 nitrogen and oxygen atoms in total. The van der Waals surface area contributed by atoms with Crippen LogP contribution in [0, 0.1) is 0 Å². The van der Waals surface area contributed by atoms with Crippen molar-refractivity contribution in [2.75, 3.05) is 13.7 Å². The van der Waals surface area contributed by atoms with Crippen LogP contribution in [0.3, 0.4) is 0 Å². The first-order chi connectivity index (χ1) is 10.2. The average molecular weight is 286 g/mol. The Bertz CT molecular complexity index is 725. The highest BCUT2D eigenvalue weighted by molar-refractivity contribution is 5.57. The van der Waals surface area contributed by atoms with Gasteiger partial charge in [-0.3, -0.25) is 0 Å². The maximum atomic E-state index is 10.2. The Morgan fingerprint density at radius 1 is 1.14 bits per heavy atom. The lowest BCUT2D eigenvalue weighted by Crippen LogP contribution is -2.23. The van der Waals surface area contributed by atoms with E-state index in [2.05, 4.69) is 0 Å². The molecule has 2 aromatic rings. The molecule has 0 bridgehead atoms. The summed E-state index contributed by atoms with van der Waals surface area (Å²) in [5.74, 6) is 2.04. The maximum Gasteiger partial charge on any atom is 0.138 e. The van der Waals surface area contributed by atoms with E-state index in [0.717, 1.165) is 11.1 Å². The van der Waals surface area contributed by atoms with Gasteiger partial charge < -0.3 is 24.4 Å². The molecule has 0 amide bonds. The molecule has 2 aliphatic heterocycles. The Balaban J connectivity index is 1.82. The minimum Gasteiger partial charge on any atom is -0.508 e. The average Bonchev–Trinajstić information content (AvgIpc) is 2.85. The van der Waals surface area contributed by atoms with E-state index in [0.29, 0.717) is 23.9 Å². The number of ether oxygens (including phenoxy) is 3. The fourth-order valence-electron chi connectivity index (χ4n) is 3.06. The van der Waals surface area contributed by atoms with E-state index in [-0.39, 0.29) is 23.5 Å². The van der Waals surface area contributed by atoms with Crippen molar-refractivity contribution in [1.82, 2.24) is 0 Å². The van der Waals surface area contributed by atoms with E-state index >= 15 is 0 Å². The fraction of sp³-hybridized carbons (Fsp3) is 0.250. The third-order valence-electron chi connectivity index (χ3n) is 4.04. The van der Waals surface area contributed by atoms with E-state index in [1.54, 1.807) is 37.4 Å². The molecule has 0 radical (unpaired) electrons. The summed E-state index contributed by atoms with van der Waals surface area (Å²) in [4.78, 5) is 0. The standard InChI is InChI=1S/C16H14O5/c1-19-9-5-12(18)15-11-7-20-13-4-8(17)2-3-10(13)16(11)21-14(15)6-9/h2-6,11,16-18H,7H2,1H3. The van der Waals surface area contributed by atoms with E-state index in [9.17, 15) is 10.2 Å². The lowest BCUT2D eigenvalue weighted by molar-refractivity contribution is 0.138. The van der Waals surface area contributed by atoms with Crippen LogP contribution in [0.4, 0.5) is 0 Å². The van der Waals surface area contributed by atoms with Crippen molar-refractivity contribution >= 4 is 0 Å². The van der Waals surface area contributed by atoms with Crippen molar-refractivity contribution in [2.45, 2.75) is 12.0 Å². The monoisotopic (exact) mass is 286 g/mol. The molecule has 5 heteroatoms. The van der Waals surface area contributed by atoms with Gasteiger partial charge in [-0.1, -0.05) is 0 Å². The van der Waals surface area contributed by atoms with Crippen molar-refractivity contribution in [3.8, 4) is 28.7 Å².